The first-order chi connectivity index (χ1) is 6.43. The van der Waals surface area contributed by atoms with E-state index in [0.717, 1.165) is 19.4 Å². The van der Waals surface area contributed by atoms with E-state index in [1.807, 2.05) is 6.07 Å². The van der Waals surface area contributed by atoms with Crippen LogP contribution in [-0.2, 0) is 4.74 Å². The molecule has 0 unspecified atom stereocenters. The largest absolute Gasteiger partial charge is 0.385 e. The first kappa shape index (κ1) is 10.0. The van der Waals surface area contributed by atoms with Crippen molar-refractivity contribution in [2.24, 2.45) is 0 Å². The lowest BCUT2D eigenvalue weighted by Crippen LogP contribution is -1.85. The van der Waals surface area contributed by atoms with Crippen molar-refractivity contribution < 1.29 is 4.74 Å². The van der Waals surface area contributed by atoms with Gasteiger partial charge in [-0.2, -0.15) is 0 Å². The average Bonchev–Trinajstić information content (AvgIpc) is 2.19. The van der Waals surface area contributed by atoms with E-state index in [4.69, 9.17) is 4.74 Å². The Morgan fingerprint density at radius 2 is 2.00 bits per heavy atom. The third kappa shape index (κ3) is 4.48. The Morgan fingerprint density at radius 3 is 2.69 bits per heavy atom. The summed E-state index contributed by atoms with van der Waals surface area (Å²) in [5, 5.41) is 0. The molecular weight excluding hydrogens is 160 g/mol. The standard InChI is InChI=1S/C12H16O/c1-13-11-7-3-6-10-12-8-4-2-5-9-12/h2,4-6,8-10H,3,7,11H2,1H3. The summed E-state index contributed by atoms with van der Waals surface area (Å²) >= 11 is 0. The minimum Gasteiger partial charge on any atom is -0.385 e. The lowest BCUT2D eigenvalue weighted by molar-refractivity contribution is 0.196. The van der Waals surface area contributed by atoms with Crippen molar-refractivity contribution in [3.8, 4) is 0 Å². The quantitative estimate of drug-likeness (QED) is 0.626. The number of benzene rings is 1. The van der Waals surface area contributed by atoms with Gasteiger partial charge in [-0.15, -0.1) is 0 Å². The van der Waals surface area contributed by atoms with Gasteiger partial charge < -0.3 is 4.74 Å². The molecule has 0 aliphatic carbocycles. The van der Waals surface area contributed by atoms with Crippen LogP contribution in [0.1, 0.15) is 18.4 Å². The third-order valence-electron chi connectivity index (χ3n) is 1.83. The van der Waals surface area contributed by atoms with Crippen LogP contribution in [-0.4, -0.2) is 13.7 Å². The number of allylic oxidation sites excluding steroid dienone is 1. The van der Waals surface area contributed by atoms with E-state index in [-0.39, 0.29) is 0 Å². The highest BCUT2D eigenvalue weighted by Gasteiger charge is 1.83. The summed E-state index contributed by atoms with van der Waals surface area (Å²) in [6.07, 6.45) is 6.52. The van der Waals surface area contributed by atoms with Gasteiger partial charge in [0.05, 0.1) is 0 Å². The molecule has 13 heavy (non-hydrogen) atoms. The molecule has 1 aromatic rings. The first-order valence-corrected chi connectivity index (χ1v) is 4.64. The normalized spacial score (nSPS) is 10.8. The van der Waals surface area contributed by atoms with Gasteiger partial charge in [0.25, 0.3) is 0 Å². The predicted octanol–water partition coefficient (Wildman–Crippen LogP) is 3.13. The molecule has 1 nitrogen and oxygen atoms in total. The fourth-order valence-corrected chi connectivity index (χ4v) is 1.13. The van der Waals surface area contributed by atoms with Crippen LogP contribution >= 0.6 is 0 Å². The van der Waals surface area contributed by atoms with E-state index in [1.54, 1.807) is 7.11 Å². The minimum atomic E-state index is 0.846. The Balaban J connectivity index is 2.25. The van der Waals surface area contributed by atoms with Gasteiger partial charge in [-0.1, -0.05) is 42.5 Å². The van der Waals surface area contributed by atoms with Crippen molar-refractivity contribution in [3.63, 3.8) is 0 Å². The lowest BCUT2D eigenvalue weighted by atomic mass is 10.2. The van der Waals surface area contributed by atoms with Crippen molar-refractivity contribution in [2.75, 3.05) is 13.7 Å². The number of hydrogen-bond acceptors (Lipinski definition) is 1. The maximum absolute atomic E-state index is 4.96. The van der Waals surface area contributed by atoms with E-state index < -0.39 is 0 Å². The fourth-order valence-electron chi connectivity index (χ4n) is 1.13. The zero-order chi connectivity index (χ0) is 9.36. The van der Waals surface area contributed by atoms with Gasteiger partial charge in [-0.05, 0) is 18.4 Å². The molecule has 0 saturated heterocycles. The Labute approximate surface area is 80.0 Å². The smallest absolute Gasteiger partial charge is 0.0465 e. The zero-order valence-corrected chi connectivity index (χ0v) is 8.07. The van der Waals surface area contributed by atoms with Crippen LogP contribution in [0, 0.1) is 0 Å². The van der Waals surface area contributed by atoms with E-state index in [0.29, 0.717) is 0 Å². The topological polar surface area (TPSA) is 9.23 Å². The second kappa shape index (κ2) is 6.44. The molecule has 0 spiro atoms. The van der Waals surface area contributed by atoms with Gasteiger partial charge in [0.15, 0.2) is 0 Å². The molecule has 0 aromatic heterocycles. The molecule has 0 heterocycles. The molecule has 1 heteroatoms. The Bertz CT molecular complexity index is 239. The maximum atomic E-state index is 4.96. The highest BCUT2D eigenvalue weighted by atomic mass is 16.5. The highest BCUT2D eigenvalue weighted by Crippen LogP contribution is 2.02. The van der Waals surface area contributed by atoms with Crippen molar-refractivity contribution in [3.05, 3.63) is 42.0 Å². The van der Waals surface area contributed by atoms with Crippen molar-refractivity contribution >= 4 is 6.08 Å². The number of unbranched alkanes of at least 4 members (excludes halogenated alkanes) is 1. The Kier molecular flexibility index (Phi) is 4.95. The Hall–Kier alpha value is -1.08. The van der Waals surface area contributed by atoms with Crippen LogP contribution in [0.3, 0.4) is 0 Å². The molecule has 0 atom stereocenters. The van der Waals surface area contributed by atoms with Crippen LogP contribution in [0.15, 0.2) is 36.4 Å². The monoisotopic (exact) mass is 176 g/mol. The van der Waals surface area contributed by atoms with Crippen LogP contribution in [0.2, 0.25) is 0 Å². The molecule has 1 aromatic carbocycles. The van der Waals surface area contributed by atoms with Gasteiger partial charge >= 0.3 is 0 Å². The summed E-state index contributed by atoms with van der Waals surface area (Å²) in [5.41, 5.74) is 1.26. The van der Waals surface area contributed by atoms with Crippen LogP contribution in [0.5, 0.6) is 0 Å². The van der Waals surface area contributed by atoms with Crippen molar-refractivity contribution in [2.45, 2.75) is 12.8 Å². The zero-order valence-electron chi connectivity index (χ0n) is 8.07. The molecule has 0 saturated carbocycles. The average molecular weight is 176 g/mol. The third-order valence-corrected chi connectivity index (χ3v) is 1.83. The number of hydrogen-bond donors (Lipinski definition) is 0. The van der Waals surface area contributed by atoms with Gasteiger partial charge in [0, 0.05) is 13.7 Å². The number of ether oxygens (including phenoxy) is 1. The number of methoxy groups -OCH3 is 1. The molecule has 0 aliphatic heterocycles. The van der Waals surface area contributed by atoms with Crippen molar-refractivity contribution in [1.29, 1.82) is 0 Å². The first-order valence-electron chi connectivity index (χ1n) is 4.64. The van der Waals surface area contributed by atoms with Crippen LogP contribution in [0.25, 0.3) is 6.08 Å². The van der Waals surface area contributed by atoms with Gasteiger partial charge in [-0.25, -0.2) is 0 Å². The predicted molar refractivity (Wildman–Crippen MR) is 56.6 cm³/mol. The highest BCUT2D eigenvalue weighted by molar-refractivity contribution is 5.48. The summed E-state index contributed by atoms with van der Waals surface area (Å²) in [4.78, 5) is 0. The van der Waals surface area contributed by atoms with Crippen LogP contribution < -0.4 is 0 Å². The molecule has 1 rings (SSSR count). The van der Waals surface area contributed by atoms with E-state index in [2.05, 4.69) is 36.4 Å². The molecule has 0 amide bonds. The number of rotatable bonds is 5. The van der Waals surface area contributed by atoms with E-state index >= 15 is 0 Å². The molecule has 0 N–H and O–H groups in total. The SMILES string of the molecule is COCCCC=Cc1ccccc1. The molecule has 0 bridgehead atoms. The summed E-state index contributed by atoms with van der Waals surface area (Å²) < 4.78 is 4.96. The molecular formula is C12H16O. The van der Waals surface area contributed by atoms with Gasteiger partial charge in [-0.3, -0.25) is 0 Å². The van der Waals surface area contributed by atoms with E-state index in [1.165, 1.54) is 5.56 Å². The maximum Gasteiger partial charge on any atom is 0.0465 e. The lowest BCUT2D eigenvalue weighted by Gasteiger charge is -1.94. The van der Waals surface area contributed by atoms with E-state index in [9.17, 15) is 0 Å². The van der Waals surface area contributed by atoms with Gasteiger partial charge in [0.1, 0.15) is 0 Å². The molecule has 0 fully saturated rings. The summed E-state index contributed by atoms with van der Waals surface area (Å²) in [6, 6.07) is 10.3. The Morgan fingerprint density at radius 1 is 1.23 bits per heavy atom. The van der Waals surface area contributed by atoms with Gasteiger partial charge in [0.2, 0.25) is 0 Å². The summed E-state index contributed by atoms with van der Waals surface area (Å²) in [6.45, 7) is 0.846. The second-order valence-corrected chi connectivity index (χ2v) is 2.95. The second-order valence-electron chi connectivity index (χ2n) is 2.95. The fraction of sp³-hybridized carbons (Fsp3) is 0.333. The summed E-state index contributed by atoms with van der Waals surface area (Å²) in [7, 11) is 1.74. The molecule has 0 aliphatic rings. The minimum absolute atomic E-state index is 0.846. The molecule has 70 valence electrons. The van der Waals surface area contributed by atoms with Crippen LogP contribution in [0.4, 0.5) is 0 Å². The van der Waals surface area contributed by atoms with Crippen molar-refractivity contribution in [1.82, 2.24) is 0 Å². The summed E-state index contributed by atoms with van der Waals surface area (Å²) in [5.74, 6) is 0. The molecule has 0 radical (unpaired) electrons.